The van der Waals surface area contributed by atoms with Gasteiger partial charge in [-0.05, 0) is 74.6 Å². The number of rotatable bonds is 9. The molecule has 0 radical (unpaired) electrons. The summed E-state index contributed by atoms with van der Waals surface area (Å²) in [6, 6.07) is 5.05. The van der Waals surface area contributed by atoms with Crippen molar-refractivity contribution in [2.75, 3.05) is 26.0 Å². The fourth-order valence-corrected chi connectivity index (χ4v) is 9.35. The number of hydrogen-bond donors (Lipinski definition) is 2. The van der Waals surface area contributed by atoms with Gasteiger partial charge in [-0.2, -0.15) is 0 Å². The van der Waals surface area contributed by atoms with Crippen molar-refractivity contribution in [3.8, 4) is 0 Å². The number of fused-ring (bicyclic) bond motifs is 5. The van der Waals surface area contributed by atoms with Gasteiger partial charge in [-0.15, -0.1) is 11.8 Å². The number of allylic oxidation sites excluding steroid dienone is 2. The van der Waals surface area contributed by atoms with Crippen molar-refractivity contribution in [2.24, 2.45) is 33.2 Å². The van der Waals surface area contributed by atoms with E-state index in [0.717, 1.165) is 62.8 Å². The Morgan fingerprint density at radius 3 is 2.70 bits per heavy atom. The molecular weight excluding hydrogens is 701 g/mol. The average molecular weight is 759 g/mol. The minimum Gasteiger partial charge on any atom is -0.464 e. The Kier molecular flexibility index (Phi) is 12.2. The summed E-state index contributed by atoms with van der Waals surface area (Å²) in [7, 11) is 1.69. The fourth-order valence-electron chi connectivity index (χ4n) is 8.25. The van der Waals surface area contributed by atoms with Gasteiger partial charge in [-0.1, -0.05) is 53.3 Å². The van der Waals surface area contributed by atoms with Crippen LogP contribution in [0.4, 0.5) is 0 Å². The molecule has 1 saturated heterocycles. The smallest absolute Gasteiger partial charge is 0.324 e. The molecule has 0 spiro atoms. The normalized spacial score (nSPS) is 28.3. The van der Waals surface area contributed by atoms with Crippen LogP contribution in [0, 0.1) is 23.2 Å². The van der Waals surface area contributed by atoms with Gasteiger partial charge in [0, 0.05) is 66.4 Å². The predicted molar refractivity (Wildman–Crippen MR) is 217 cm³/mol. The minimum absolute atomic E-state index is 0.100. The third-order valence-corrected chi connectivity index (χ3v) is 12.7. The number of methoxy groups -OCH3 is 1. The van der Waals surface area contributed by atoms with Crippen LogP contribution in [0.25, 0.3) is 16.5 Å². The van der Waals surface area contributed by atoms with Gasteiger partial charge in [0.1, 0.15) is 12.1 Å². The number of hydrazine groups is 1. The van der Waals surface area contributed by atoms with Crippen molar-refractivity contribution in [1.82, 2.24) is 20.3 Å². The highest BCUT2D eigenvalue weighted by Gasteiger charge is 2.49. The molecule has 11 nitrogen and oxygen atoms in total. The highest BCUT2D eigenvalue weighted by molar-refractivity contribution is 8.14. The van der Waals surface area contributed by atoms with Gasteiger partial charge >= 0.3 is 5.97 Å². The highest BCUT2D eigenvalue weighted by Crippen LogP contribution is 2.46. The van der Waals surface area contributed by atoms with Crippen LogP contribution in [0.3, 0.4) is 0 Å². The third-order valence-electron chi connectivity index (χ3n) is 11.6. The number of carbonyl (C=O) groups excluding carboxylic acids is 3. The Balaban J connectivity index is 1.49. The summed E-state index contributed by atoms with van der Waals surface area (Å²) in [6.45, 7) is 20.2. The largest absolute Gasteiger partial charge is 0.464 e. The lowest BCUT2D eigenvalue weighted by atomic mass is 9.84. The molecule has 4 heterocycles. The summed E-state index contributed by atoms with van der Waals surface area (Å²) >= 11 is 1.64. The van der Waals surface area contributed by atoms with Gasteiger partial charge in [0.05, 0.1) is 35.2 Å². The summed E-state index contributed by atoms with van der Waals surface area (Å²) in [5, 5.41) is 6.55. The number of aromatic nitrogens is 1. The zero-order valence-corrected chi connectivity index (χ0v) is 34.1. The topological polar surface area (TPSA) is 127 Å². The number of carbonyl (C=O) groups is 3. The number of nitrogens with one attached hydrogen (secondary N) is 2. The number of aliphatic imine (C=N–C) groups is 2. The maximum Gasteiger partial charge on any atom is 0.324 e. The van der Waals surface area contributed by atoms with Crippen LogP contribution in [0.15, 0.2) is 46.5 Å². The van der Waals surface area contributed by atoms with Crippen molar-refractivity contribution in [3.05, 3.63) is 53.4 Å². The first-order valence-electron chi connectivity index (χ1n) is 19.6. The molecule has 2 N–H and O–H groups in total. The van der Waals surface area contributed by atoms with E-state index < -0.39 is 23.5 Å². The van der Waals surface area contributed by atoms with Gasteiger partial charge in [-0.3, -0.25) is 29.4 Å². The highest BCUT2D eigenvalue weighted by atomic mass is 32.2. The summed E-state index contributed by atoms with van der Waals surface area (Å²) in [4.78, 5) is 51.2. The van der Waals surface area contributed by atoms with E-state index >= 15 is 0 Å². The number of nitrogens with zero attached hydrogens (tertiary/aromatic N) is 4. The first-order valence-corrected chi connectivity index (χ1v) is 20.6. The second-order valence-corrected chi connectivity index (χ2v) is 17.2. The number of thioether (sulfide) groups is 1. The monoisotopic (exact) mass is 758 g/mol. The molecular formula is C42H58N6O5S. The number of cyclic esters (lactones) is 1. The van der Waals surface area contributed by atoms with Crippen molar-refractivity contribution in [2.45, 2.75) is 111 Å². The molecule has 4 aliphatic rings. The lowest BCUT2D eigenvalue weighted by Gasteiger charge is -2.35. The van der Waals surface area contributed by atoms with Gasteiger partial charge in [0.15, 0.2) is 0 Å². The third kappa shape index (κ3) is 8.11. The molecule has 1 aromatic carbocycles. The molecule has 12 heteroatoms. The Hall–Kier alpha value is -3.74. The maximum atomic E-state index is 14.1. The Morgan fingerprint density at radius 1 is 1.28 bits per heavy atom. The van der Waals surface area contributed by atoms with Crippen molar-refractivity contribution in [1.29, 1.82) is 0 Å². The molecule has 1 saturated carbocycles. The van der Waals surface area contributed by atoms with Crippen LogP contribution >= 0.6 is 11.8 Å². The molecule has 6 rings (SSSR count). The lowest BCUT2D eigenvalue weighted by Crippen LogP contribution is -2.60. The van der Waals surface area contributed by atoms with Crippen LogP contribution in [-0.2, 0) is 36.8 Å². The number of benzene rings is 1. The zero-order chi connectivity index (χ0) is 38.9. The van der Waals surface area contributed by atoms with E-state index in [0.29, 0.717) is 32.2 Å². The molecule has 2 unspecified atom stereocenters. The Morgan fingerprint density at radius 2 is 2.04 bits per heavy atom. The van der Waals surface area contributed by atoms with E-state index in [-0.39, 0.29) is 48.3 Å². The fraction of sp³-hybridized carbons (Fsp3) is 0.595. The molecule has 292 valence electrons. The second-order valence-electron chi connectivity index (χ2n) is 16.1. The summed E-state index contributed by atoms with van der Waals surface area (Å²) in [5.74, 6) is 0.431. The van der Waals surface area contributed by atoms with Gasteiger partial charge < -0.3 is 19.4 Å². The molecule has 3 aliphatic heterocycles. The van der Waals surface area contributed by atoms with E-state index in [4.69, 9.17) is 19.5 Å². The quantitative estimate of drug-likeness (QED) is 0.167. The summed E-state index contributed by atoms with van der Waals surface area (Å²) in [5.41, 5.74) is 8.79. The number of esters is 1. The summed E-state index contributed by atoms with van der Waals surface area (Å²) < 4.78 is 14.3. The molecule has 7 atom stereocenters. The number of hydrogen-bond acceptors (Lipinski definition) is 9. The van der Waals surface area contributed by atoms with Crippen LogP contribution in [0.2, 0.25) is 0 Å². The first-order chi connectivity index (χ1) is 25.8. The van der Waals surface area contributed by atoms with Crippen molar-refractivity contribution in [3.63, 3.8) is 0 Å². The molecule has 1 aliphatic carbocycles. The van der Waals surface area contributed by atoms with Crippen LogP contribution in [0.1, 0.15) is 97.0 Å². The van der Waals surface area contributed by atoms with E-state index in [9.17, 15) is 14.4 Å². The molecule has 2 aromatic rings. The first kappa shape index (κ1) is 39.9. The number of aryl methyl sites for hydroxylation is 1. The molecule has 2 amide bonds. The maximum absolute atomic E-state index is 14.1. The number of ether oxygens (including phenoxy) is 2. The Bertz CT molecular complexity index is 1870. The van der Waals surface area contributed by atoms with E-state index in [1.165, 1.54) is 5.01 Å². The van der Waals surface area contributed by atoms with Crippen molar-refractivity contribution >= 4 is 57.3 Å². The van der Waals surface area contributed by atoms with Gasteiger partial charge in [0.25, 0.3) is 5.91 Å². The molecule has 2 fully saturated rings. The zero-order valence-electron chi connectivity index (χ0n) is 33.2. The minimum atomic E-state index is -0.805. The predicted octanol–water partition coefficient (Wildman–Crippen LogP) is 6.66. The molecule has 1 aromatic heterocycles. The Labute approximate surface area is 324 Å². The second kappa shape index (κ2) is 16.5. The molecule has 54 heavy (non-hydrogen) atoms. The number of amides is 2. The van der Waals surface area contributed by atoms with Gasteiger partial charge in [-0.25, -0.2) is 5.43 Å². The molecule has 6 bridgehead atoms. The van der Waals surface area contributed by atoms with Crippen molar-refractivity contribution < 1.29 is 23.9 Å². The standard InChI is InChI=1S/C42H58N6O5S/c1-10-17-47-34-16-15-27-19-29(34)30(38(47)28(11-2)37(43-12-3)26(6)52-9)21-42(7,8)23-53-41(51)31-14-13-18-48(46-31)40(50)32(20-35-44-33(27)22-54-35)45-39(49)36-24(4)25(36)5/h11-12,15-16,19,24-26,31-33,36,46H,2,10,13-14,17-18,20-23H2,1,3-9H3,(H,45,49)/b37-28+,43-12?/t24-,25+,26-,31-,32-,33?,36?/m0/s1. The summed E-state index contributed by atoms with van der Waals surface area (Å²) in [6.07, 6.45) is 6.41. The average Bonchev–Trinajstić information content (AvgIpc) is 3.42. The lowest BCUT2D eigenvalue weighted by molar-refractivity contribution is -0.155. The van der Waals surface area contributed by atoms with Crippen LogP contribution in [0.5, 0.6) is 0 Å². The van der Waals surface area contributed by atoms with E-state index in [2.05, 4.69) is 74.7 Å². The van der Waals surface area contributed by atoms with E-state index in [1.54, 1.807) is 25.1 Å². The van der Waals surface area contributed by atoms with E-state index in [1.807, 2.05) is 19.9 Å². The van der Waals surface area contributed by atoms with Crippen LogP contribution < -0.4 is 10.7 Å². The van der Waals surface area contributed by atoms with Gasteiger partial charge in [0.2, 0.25) is 5.91 Å². The van der Waals surface area contributed by atoms with Crippen LogP contribution in [-0.4, -0.2) is 82.8 Å². The SMILES string of the molecule is C=C/C(=C(\N=CC)[C@H](C)OC)c1c2c3cc(ccc3n1CCC)C1CSC(=N1)C[C@H](NC(=O)C1[C@@H](C)[C@H]1C)C(=O)N1CCC[C@H](N1)C(=O)OCC(C)(C)C2.